The number of aromatic nitrogens is 2. The lowest BCUT2D eigenvalue weighted by atomic mass is 10.3. The molecule has 1 N–H and O–H groups in total. The Labute approximate surface area is 81.8 Å². The zero-order chi connectivity index (χ0) is 10.1. The minimum absolute atomic E-state index is 0.0319. The summed E-state index contributed by atoms with van der Waals surface area (Å²) in [5.41, 5.74) is 2.48. The van der Waals surface area contributed by atoms with Crippen molar-refractivity contribution in [3.05, 3.63) is 29.7 Å². The van der Waals surface area contributed by atoms with E-state index in [2.05, 4.69) is 4.98 Å². The van der Waals surface area contributed by atoms with Gasteiger partial charge in [-0.1, -0.05) is 0 Å². The number of aryl methyl sites for hydroxylation is 1. The van der Waals surface area contributed by atoms with Gasteiger partial charge in [-0.25, -0.2) is 4.98 Å². The van der Waals surface area contributed by atoms with Gasteiger partial charge in [0, 0.05) is 5.69 Å². The number of pyridine rings is 1. The Kier molecular flexibility index (Phi) is 2.13. The number of aliphatic hydroxyl groups is 1. The molecule has 2 rings (SSSR count). The van der Waals surface area contributed by atoms with Crippen LogP contribution in [-0.2, 0) is 6.61 Å². The summed E-state index contributed by atoms with van der Waals surface area (Å²) in [6.07, 6.45) is 1.86. The van der Waals surface area contributed by atoms with Crippen molar-refractivity contribution in [3.63, 3.8) is 0 Å². The molecule has 2 aromatic rings. The summed E-state index contributed by atoms with van der Waals surface area (Å²) in [5.74, 6) is 0.780. The second kappa shape index (κ2) is 3.31. The van der Waals surface area contributed by atoms with Gasteiger partial charge in [0.15, 0.2) is 0 Å². The van der Waals surface area contributed by atoms with E-state index in [0.717, 1.165) is 17.1 Å². The van der Waals surface area contributed by atoms with E-state index in [9.17, 15) is 0 Å². The molecule has 2 aromatic heterocycles. The molecule has 74 valence electrons. The maximum Gasteiger partial charge on any atom is 0.137 e. The molecule has 0 amide bonds. The molecular weight excluding hydrogens is 180 g/mol. The summed E-state index contributed by atoms with van der Waals surface area (Å²) in [6.45, 7) is 1.89. The van der Waals surface area contributed by atoms with Gasteiger partial charge < -0.3 is 14.2 Å². The first-order valence-electron chi connectivity index (χ1n) is 4.38. The van der Waals surface area contributed by atoms with E-state index in [1.54, 1.807) is 7.11 Å². The highest BCUT2D eigenvalue weighted by Crippen LogP contribution is 2.16. The van der Waals surface area contributed by atoms with Gasteiger partial charge in [0.25, 0.3) is 0 Å². The van der Waals surface area contributed by atoms with E-state index in [4.69, 9.17) is 9.84 Å². The lowest BCUT2D eigenvalue weighted by Gasteiger charge is -2.01. The summed E-state index contributed by atoms with van der Waals surface area (Å²) < 4.78 is 7.02. The van der Waals surface area contributed by atoms with Crippen LogP contribution in [0.4, 0.5) is 0 Å². The standard InChI is InChI=1S/C10H12N2O2/c1-7-9(6-13)11-10-4-3-8(14-2)5-12(7)10/h3-5,13H,6H2,1-2H3. The summed E-state index contributed by atoms with van der Waals surface area (Å²) in [4.78, 5) is 4.26. The fourth-order valence-electron chi connectivity index (χ4n) is 1.46. The Bertz CT molecular complexity index is 462. The molecule has 0 atom stereocenters. The highest BCUT2D eigenvalue weighted by atomic mass is 16.5. The van der Waals surface area contributed by atoms with Gasteiger partial charge in [-0.05, 0) is 19.1 Å². The summed E-state index contributed by atoms with van der Waals surface area (Å²) in [5, 5.41) is 9.04. The van der Waals surface area contributed by atoms with Gasteiger partial charge in [0.2, 0.25) is 0 Å². The number of methoxy groups -OCH3 is 1. The monoisotopic (exact) mass is 192 g/mol. The summed E-state index contributed by atoms with van der Waals surface area (Å²) >= 11 is 0. The van der Waals surface area contributed by atoms with Crippen LogP contribution in [-0.4, -0.2) is 21.6 Å². The number of rotatable bonds is 2. The molecule has 0 aromatic carbocycles. The average molecular weight is 192 g/mol. The fraction of sp³-hybridized carbons (Fsp3) is 0.300. The van der Waals surface area contributed by atoms with Crippen LogP contribution in [0.5, 0.6) is 5.75 Å². The number of aliphatic hydroxyl groups excluding tert-OH is 1. The van der Waals surface area contributed by atoms with Crippen LogP contribution < -0.4 is 4.74 Å². The minimum Gasteiger partial charge on any atom is -0.495 e. The van der Waals surface area contributed by atoms with Gasteiger partial charge in [0.1, 0.15) is 11.4 Å². The van der Waals surface area contributed by atoms with E-state index in [1.165, 1.54) is 0 Å². The SMILES string of the molecule is COc1ccc2nc(CO)c(C)n2c1. The molecule has 0 unspecified atom stereocenters. The average Bonchev–Trinajstić information content (AvgIpc) is 2.55. The van der Waals surface area contributed by atoms with Crippen LogP contribution in [0.15, 0.2) is 18.3 Å². The normalized spacial score (nSPS) is 10.8. The third kappa shape index (κ3) is 1.24. The van der Waals surface area contributed by atoms with Crippen LogP contribution in [0.25, 0.3) is 5.65 Å². The predicted octanol–water partition coefficient (Wildman–Crippen LogP) is 1.14. The molecular formula is C10H12N2O2. The number of ether oxygens (including phenoxy) is 1. The van der Waals surface area contributed by atoms with Crippen molar-refractivity contribution in [2.24, 2.45) is 0 Å². The van der Waals surface area contributed by atoms with Crippen molar-refractivity contribution in [1.82, 2.24) is 9.38 Å². The van der Waals surface area contributed by atoms with Crippen LogP contribution in [0.1, 0.15) is 11.4 Å². The van der Waals surface area contributed by atoms with Crippen LogP contribution >= 0.6 is 0 Å². The Morgan fingerprint density at radius 2 is 2.29 bits per heavy atom. The summed E-state index contributed by atoms with van der Waals surface area (Å²) in [7, 11) is 1.63. The number of fused-ring (bicyclic) bond motifs is 1. The largest absolute Gasteiger partial charge is 0.495 e. The van der Waals surface area contributed by atoms with Gasteiger partial charge in [-0.3, -0.25) is 0 Å². The fourth-order valence-corrected chi connectivity index (χ4v) is 1.46. The van der Waals surface area contributed by atoms with Crippen molar-refractivity contribution in [2.45, 2.75) is 13.5 Å². The van der Waals surface area contributed by atoms with Crippen molar-refractivity contribution in [3.8, 4) is 5.75 Å². The summed E-state index contributed by atoms with van der Waals surface area (Å²) in [6, 6.07) is 3.72. The van der Waals surface area contributed by atoms with Crippen molar-refractivity contribution in [1.29, 1.82) is 0 Å². The molecule has 0 saturated heterocycles. The Morgan fingerprint density at radius 3 is 2.93 bits per heavy atom. The quantitative estimate of drug-likeness (QED) is 0.776. The Balaban J connectivity index is 2.68. The van der Waals surface area contributed by atoms with E-state index in [1.807, 2.05) is 29.7 Å². The Hall–Kier alpha value is -1.55. The van der Waals surface area contributed by atoms with E-state index in [-0.39, 0.29) is 6.61 Å². The maximum atomic E-state index is 9.04. The number of imidazole rings is 1. The lowest BCUT2D eigenvalue weighted by molar-refractivity contribution is 0.276. The molecule has 2 heterocycles. The number of hydrogen-bond donors (Lipinski definition) is 1. The number of nitrogens with zero attached hydrogens (tertiary/aromatic N) is 2. The van der Waals surface area contributed by atoms with Crippen molar-refractivity contribution >= 4 is 5.65 Å². The van der Waals surface area contributed by atoms with Gasteiger partial charge in [0.05, 0.1) is 25.6 Å². The molecule has 0 bridgehead atoms. The van der Waals surface area contributed by atoms with Crippen molar-refractivity contribution in [2.75, 3.05) is 7.11 Å². The zero-order valence-electron chi connectivity index (χ0n) is 8.19. The minimum atomic E-state index is -0.0319. The maximum absolute atomic E-state index is 9.04. The van der Waals surface area contributed by atoms with E-state index < -0.39 is 0 Å². The number of hydrogen-bond acceptors (Lipinski definition) is 3. The highest BCUT2D eigenvalue weighted by Gasteiger charge is 2.07. The lowest BCUT2D eigenvalue weighted by Crippen LogP contribution is -1.91. The van der Waals surface area contributed by atoms with Gasteiger partial charge >= 0.3 is 0 Å². The predicted molar refractivity (Wildman–Crippen MR) is 52.4 cm³/mol. The smallest absolute Gasteiger partial charge is 0.137 e. The van der Waals surface area contributed by atoms with Gasteiger partial charge in [-0.2, -0.15) is 0 Å². The third-order valence-electron chi connectivity index (χ3n) is 2.31. The highest BCUT2D eigenvalue weighted by molar-refractivity contribution is 5.45. The second-order valence-electron chi connectivity index (χ2n) is 3.10. The molecule has 0 fully saturated rings. The molecule has 0 aliphatic heterocycles. The molecule has 0 aliphatic carbocycles. The van der Waals surface area contributed by atoms with Crippen LogP contribution in [0, 0.1) is 6.92 Å². The first-order chi connectivity index (χ1) is 6.76. The Morgan fingerprint density at radius 1 is 1.50 bits per heavy atom. The first-order valence-corrected chi connectivity index (χ1v) is 4.38. The third-order valence-corrected chi connectivity index (χ3v) is 2.31. The van der Waals surface area contributed by atoms with Crippen LogP contribution in [0.2, 0.25) is 0 Å². The zero-order valence-corrected chi connectivity index (χ0v) is 8.19. The second-order valence-corrected chi connectivity index (χ2v) is 3.10. The molecule has 0 aliphatic rings. The molecule has 4 heteroatoms. The van der Waals surface area contributed by atoms with Crippen LogP contribution in [0.3, 0.4) is 0 Å². The first kappa shape index (κ1) is 9.02. The molecule has 0 spiro atoms. The van der Waals surface area contributed by atoms with Gasteiger partial charge in [-0.15, -0.1) is 0 Å². The van der Waals surface area contributed by atoms with Crippen molar-refractivity contribution < 1.29 is 9.84 Å². The van der Waals surface area contributed by atoms with E-state index in [0.29, 0.717) is 5.69 Å². The topological polar surface area (TPSA) is 46.8 Å². The molecule has 14 heavy (non-hydrogen) atoms. The molecule has 4 nitrogen and oxygen atoms in total. The van der Waals surface area contributed by atoms with E-state index >= 15 is 0 Å². The molecule has 0 saturated carbocycles. The molecule has 0 radical (unpaired) electrons.